The van der Waals surface area contributed by atoms with E-state index in [2.05, 4.69) is 5.32 Å². The summed E-state index contributed by atoms with van der Waals surface area (Å²) in [7, 11) is 0. The fourth-order valence-corrected chi connectivity index (χ4v) is 4.45. The van der Waals surface area contributed by atoms with Crippen molar-refractivity contribution in [2.75, 3.05) is 18.5 Å². The monoisotopic (exact) mass is 480 g/mol. The summed E-state index contributed by atoms with van der Waals surface area (Å²) in [5.41, 5.74) is 2.95. The maximum atomic E-state index is 12.8. The van der Waals surface area contributed by atoms with Gasteiger partial charge in [-0.3, -0.25) is 14.5 Å². The number of nitrogens with one attached hydrogen (secondary N) is 1. The zero-order valence-electron chi connectivity index (χ0n) is 18.4. The van der Waals surface area contributed by atoms with Crippen molar-refractivity contribution in [3.05, 3.63) is 82.3 Å². The molecule has 2 amide bonds. The molecule has 170 valence electrons. The average molecular weight is 481 g/mol. The summed E-state index contributed by atoms with van der Waals surface area (Å²) in [5.74, 6) is -0.860. The molecule has 0 aromatic heterocycles. The van der Waals surface area contributed by atoms with Crippen LogP contribution in [0.3, 0.4) is 0 Å². The number of thioether (sulfide) groups is 1. The van der Waals surface area contributed by atoms with Crippen molar-refractivity contribution in [1.29, 1.82) is 0 Å². The van der Waals surface area contributed by atoms with Crippen LogP contribution in [0.1, 0.15) is 36.2 Å². The summed E-state index contributed by atoms with van der Waals surface area (Å²) >= 11 is 6.59. The lowest BCUT2D eigenvalue weighted by Gasteiger charge is -2.14. The van der Waals surface area contributed by atoms with Gasteiger partial charge in [0.2, 0.25) is 5.91 Å². The summed E-state index contributed by atoms with van der Waals surface area (Å²) in [6.07, 6.45) is 3.91. The van der Waals surface area contributed by atoms with Gasteiger partial charge in [0.15, 0.2) is 0 Å². The molecule has 0 aliphatic carbocycles. The van der Waals surface area contributed by atoms with Gasteiger partial charge in [0.1, 0.15) is 4.32 Å². The smallest absolute Gasteiger partial charge is 0.338 e. The second-order valence-corrected chi connectivity index (χ2v) is 8.90. The first kappa shape index (κ1) is 24.4. The van der Waals surface area contributed by atoms with Gasteiger partial charge in [-0.2, -0.15) is 0 Å². The van der Waals surface area contributed by atoms with E-state index in [1.54, 1.807) is 31.2 Å². The minimum Gasteiger partial charge on any atom is -0.462 e. The minimum absolute atomic E-state index is 0.0954. The molecule has 0 radical (unpaired) electrons. The predicted molar refractivity (Wildman–Crippen MR) is 136 cm³/mol. The Balaban J connectivity index is 1.55. The lowest BCUT2D eigenvalue weighted by Crippen LogP contribution is -2.31. The fraction of sp³-hybridized carbons (Fsp3) is 0.200. The van der Waals surface area contributed by atoms with Crippen LogP contribution < -0.4 is 5.32 Å². The molecule has 2 aromatic carbocycles. The highest BCUT2D eigenvalue weighted by Crippen LogP contribution is 2.32. The molecule has 1 aliphatic heterocycles. The lowest BCUT2D eigenvalue weighted by molar-refractivity contribution is -0.122. The van der Waals surface area contributed by atoms with Gasteiger partial charge in [0.05, 0.1) is 17.1 Å². The first-order valence-electron chi connectivity index (χ1n) is 10.4. The van der Waals surface area contributed by atoms with Gasteiger partial charge in [0, 0.05) is 18.7 Å². The summed E-state index contributed by atoms with van der Waals surface area (Å²) in [6.45, 7) is 4.16. The maximum Gasteiger partial charge on any atom is 0.338 e. The number of hydrogen-bond donors (Lipinski definition) is 1. The third kappa shape index (κ3) is 6.87. The number of amides is 2. The molecule has 3 rings (SSSR count). The Morgan fingerprint density at radius 2 is 1.82 bits per heavy atom. The molecule has 1 aliphatic rings. The topological polar surface area (TPSA) is 75.7 Å². The van der Waals surface area contributed by atoms with E-state index in [9.17, 15) is 14.4 Å². The van der Waals surface area contributed by atoms with E-state index in [1.165, 1.54) is 16.7 Å². The third-order valence-electron chi connectivity index (χ3n) is 4.67. The van der Waals surface area contributed by atoms with Crippen LogP contribution >= 0.6 is 24.0 Å². The number of anilines is 1. The van der Waals surface area contributed by atoms with Crippen LogP contribution in [0.25, 0.3) is 6.08 Å². The molecule has 1 fully saturated rings. The van der Waals surface area contributed by atoms with Gasteiger partial charge >= 0.3 is 5.97 Å². The normalized spacial score (nSPS) is 15.2. The van der Waals surface area contributed by atoms with Crippen molar-refractivity contribution in [1.82, 2.24) is 4.90 Å². The van der Waals surface area contributed by atoms with Crippen molar-refractivity contribution in [3.8, 4) is 0 Å². The first-order chi connectivity index (χ1) is 15.9. The highest BCUT2D eigenvalue weighted by Gasteiger charge is 2.32. The number of carbonyl (C=O) groups is 3. The maximum absolute atomic E-state index is 12.8. The Bertz CT molecular complexity index is 1110. The van der Waals surface area contributed by atoms with Crippen molar-refractivity contribution >= 4 is 57.8 Å². The quantitative estimate of drug-likeness (QED) is 0.324. The van der Waals surface area contributed by atoms with E-state index in [0.29, 0.717) is 27.1 Å². The van der Waals surface area contributed by atoms with Crippen LogP contribution in [-0.2, 0) is 14.3 Å². The van der Waals surface area contributed by atoms with Gasteiger partial charge in [-0.25, -0.2) is 4.79 Å². The Hall–Kier alpha value is -3.23. The zero-order chi connectivity index (χ0) is 23.8. The van der Waals surface area contributed by atoms with E-state index in [4.69, 9.17) is 17.0 Å². The zero-order valence-corrected chi connectivity index (χ0v) is 20.0. The van der Waals surface area contributed by atoms with Crippen LogP contribution in [0, 0.1) is 0 Å². The summed E-state index contributed by atoms with van der Waals surface area (Å²) in [6, 6.07) is 16.3. The molecular weight excluding hydrogens is 456 g/mol. The highest BCUT2D eigenvalue weighted by atomic mass is 32.2. The molecule has 2 aromatic rings. The fourth-order valence-electron chi connectivity index (χ4n) is 3.09. The molecule has 0 saturated carbocycles. The van der Waals surface area contributed by atoms with Crippen molar-refractivity contribution in [3.63, 3.8) is 0 Å². The largest absolute Gasteiger partial charge is 0.462 e. The van der Waals surface area contributed by atoms with Gasteiger partial charge in [-0.1, -0.05) is 60.4 Å². The number of rotatable bonds is 8. The number of esters is 1. The Kier molecular flexibility index (Phi) is 8.57. The molecule has 1 N–H and O–H groups in total. The van der Waals surface area contributed by atoms with E-state index in [-0.39, 0.29) is 24.8 Å². The van der Waals surface area contributed by atoms with Crippen LogP contribution in [0.15, 0.2) is 71.2 Å². The van der Waals surface area contributed by atoms with Crippen molar-refractivity contribution in [2.45, 2.75) is 20.3 Å². The number of carbonyl (C=O) groups excluding carboxylic acids is 3. The van der Waals surface area contributed by atoms with Crippen LogP contribution in [0.2, 0.25) is 0 Å². The van der Waals surface area contributed by atoms with Crippen molar-refractivity contribution < 1.29 is 19.1 Å². The van der Waals surface area contributed by atoms with E-state index in [0.717, 1.165) is 11.1 Å². The third-order valence-corrected chi connectivity index (χ3v) is 6.05. The molecule has 1 heterocycles. The Morgan fingerprint density at radius 1 is 1.12 bits per heavy atom. The van der Waals surface area contributed by atoms with Gasteiger partial charge in [-0.05, 0) is 55.3 Å². The Labute approximate surface area is 202 Å². The predicted octanol–water partition coefficient (Wildman–Crippen LogP) is 5.04. The van der Waals surface area contributed by atoms with Crippen LogP contribution in [-0.4, -0.2) is 40.2 Å². The van der Waals surface area contributed by atoms with Crippen LogP contribution in [0.4, 0.5) is 5.69 Å². The van der Waals surface area contributed by atoms with Crippen molar-refractivity contribution in [2.24, 2.45) is 0 Å². The molecule has 0 atom stereocenters. The summed E-state index contributed by atoms with van der Waals surface area (Å²) in [5, 5.41) is 2.76. The van der Waals surface area contributed by atoms with E-state index < -0.39 is 5.97 Å². The molecule has 0 bridgehead atoms. The van der Waals surface area contributed by atoms with E-state index in [1.807, 2.05) is 49.4 Å². The molecular formula is C25H24N2O4S2. The first-order valence-corrected chi connectivity index (χ1v) is 11.7. The van der Waals surface area contributed by atoms with E-state index >= 15 is 0 Å². The molecule has 33 heavy (non-hydrogen) atoms. The molecule has 0 spiro atoms. The molecule has 6 nitrogen and oxygen atoms in total. The SMILES string of the molecule is CCOC(=O)c1ccc(NC(=O)CCN2C(=O)/C(=C/C(C)=C/c3ccccc3)SC2=S)cc1. The number of nitrogens with zero attached hydrogens (tertiary/aromatic N) is 1. The number of allylic oxidation sites excluding steroid dienone is 2. The second-order valence-electron chi connectivity index (χ2n) is 7.23. The van der Waals surface area contributed by atoms with Crippen LogP contribution in [0.5, 0.6) is 0 Å². The van der Waals surface area contributed by atoms with Gasteiger partial charge in [0.25, 0.3) is 5.91 Å². The summed E-state index contributed by atoms with van der Waals surface area (Å²) < 4.78 is 5.38. The molecule has 0 unspecified atom stereocenters. The number of hydrogen-bond acceptors (Lipinski definition) is 6. The Morgan fingerprint density at radius 3 is 2.48 bits per heavy atom. The van der Waals surface area contributed by atoms with Gasteiger partial charge in [-0.15, -0.1) is 0 Å². The number of benzene rings is 2. The number of ether oxygens (including phenoxy) is 1. The highest BCUT2D eigenvalue weighted by molar-refractivity contribution is 8.26. The molecule has 8 heteroatoms. The lowest BCUT2D eigenvalue weighted by atomic mass is 10.1. The average Bonchev–Trinajstić information content (AvgIpc) is 3.05. The summed E-state index contributed by atoms with van der Waals surface area (Å²) in [4.78, 5) is 38.8. The van der Waals surface area contributed by atoms with Gasteiger partial charge < -0.3 is 10.1 Å². The molecule has 1 saturated heterocycles. The second kappa shape index (κ2) is 11.6. The minimum atomic E-state index is -0.411. The number of thiocarbonyl (C=S) groups is 1. The standard InChI is InChI=1S/C25H24N2O4S2/c1-3-31-24(30)19-9-11-20(12-10-19)26-22(28)13-14-27-23(29)21(33-25(27)32)16-17(2)15-18-7-5-4-6-8-18/h4-12,15-16H,3,13-14H2,1-2H3,(H,26,28)/b17-15+,21-16-.